The van der Waals surface area contributed by atoms with Gasteiger partial charge >= 0.3 is 5.69 Å². The molecule has 1 heterocycles. The number of aromatic amines is 1. The summed E-state index contributed by atoms with van der Waals surface area (Å²) in [5.41, 5.74) is 1.27. The Morgan fingerprint density at radius 1 is 1.12 bits per heavy atom. The monoisotopic (exact) mass is 330 g/mol. The van der Waals surface area contributed by atoms with Gasteiger partial charge in [0, 0.05) is 19.1 Å². The molecule has 0 saturated heterocycles. The second-order valence-electron chi connectivity index (χ2n) is 6.53. The van der Waals surface area contributed by atoms with E-state index >= 15 is 0 Å². The van der Waals surface area contributed by atoms with Gasteiger partial charge in [0.1, 0.15) is 6.54 Å². The van der Waals surface area contributed by atoms with E-state index in [4.69, 9.17) is 0 Å². The molecule has 0 atom stereocenters. The van der Waals surface area contributed by atoms with Crippen molar-refractivity contribution in [2.45, 2.75) is 51.1 Å². The Balaban J connectivity index is 1.45. The zero-order valence-corrected chi connectivity index (χ0v) is 14.0. The number of fused-ring (bicyclic) bond motifs is 1. The highest BCUT2D eigenvalue weighted by molar-refractivity contribution is 5.80. The van der Waals surface area contributed by atoms with Gasteiger partial charge in [0.05, 0.1) is 11.0 Å². The average Bonchev–Trinajstić information content (AvgIpc) is 2.76. The molecule has 1 aromatic carbocycles. The molecule has 3 N–H and O–H groups in total. The first-order valence-corrected chi connectivity index (χ1v) is 8.91. The molecule has 0 aliphatic heterocycles. The van der Waals surface area contributed by atoms with Crippen molar-refractivity contribution in [2.75, 3.05) is 13.1 Å². The summed E-state index contributed by atoms with van der Waals surface area (Å²) in [6, 6.07) is 7.99. The number of nitrogens with one attached hydrogen (secondary N) is 3. The quantitative estimate of drug-likeness (QED) is 0.558. The van der Waals surface area contributed by atoms with E-state index in [1.807, 2.05) is 24.3 Å². The Morgan fingerprint density at radius 3 is 2.67 bits per heavy atom. The highest BCUT2D eigenvalue weighted by Gasteiger charge is 2.12. The molecule has 1 aliphatic rings. The molecule has 130 valence electrons. The van der Waals surface area contributed by atoms with Gasteiger partial charge in [0.25, 0.3) is 0 Å². The van der Waals surface area contributed by atoms with E-state index in [1.165, 1.54) is 43.1 Å². The highest BCUT2D eigenvalue weighted by Crippen LogP contribution is 2.16. The predicted octanol–water partition coefficient (Wildman–Crippen LogP) is 1.76. The number of amides is 1. The largest absolute Gasteiger partial charge is 0.353 e. The molecular formula is C18H26N4O2. The van der Waals surface area contributed by atoms with Crippen molar-refractivity contribution in [1.82, 2.24) is 20.2 Å². The van der Waals surface area contributed by atoms with Crippen LogP contribution in [0.15, 0.2) is 29.1 Å². The summed E-state index contributed by atoms with van der Waals surface area (Å²) in [5, 5.41) is 6.42. The van der Waals surface area contributed by atoms with E-state index < -0.39 is 0 Å². The van der Waals surface area contributed by atoms with Crippen LogP contribution in [-0.2, 0) is 11.3 Å². The molecule has 0 bridgehead atoms. The summed E-state index contributed by atoms with van der Waals surface area (Å²) >= 11 is 0. The van der Waals surface area contributed by atoms with Crippen molar-refractivity contribution in [3.63, 3.8) is 0 Å². The SMILES string of the molecule is O=C(Cn1c(=O)[nH]c2ccccc21)NCCNC1CCCCCC1. The molecule has 24 heavy (non-hydrogen) atoms. The van der Waals surface area contributed by atoms with Gasteiger partial charge < -0.3 is 15.6 Å². The lowest BCUT2D eigenvalue weighted by Crippen LogP contribution is -2.38. The van der Waals surface area contributed by atoms with Gasteiger partial charge in [-0.15, -0.1) is 0 Å². The number of H-pyrrole nitrogens is 1. The first-order valence-electron chi connectivity index (χ1n) is 8.91. The second-order valence-corrected chi connectivity index (χ2v) is 6.53. The lowest BCUT2D eigenvalue weighted by atomic mass is 10.1. The Hall–Kier alpha value is -2.08. The number of aromatic nitrogens is 2. The molecular weight excluding hydrogens is 304 g/mol. The number of hydrogen-bond donors (Lipinski definition) is 3. The van der Waals surface area contributed by atoms with E-state index in [1.54, 1.807) is 0 Å². The van der Waals surface area contributed by atoms with Crippen LogP contribution in [0, 0.1) is 0 Å². The smallest absolute Gasteiger partial charge is 0.326 e. The first kappa shape index (κ1) is 16.8. The minimum atomic E-state index is -0.247. The van der Waals surface area contributed by atoms with Gasteiger partial charge in [-0.05, 0) is 25.0 Å². The lowest BCUT2D eigenvalue weighted by molar-refractivity contribution is -0.121. The molecule has 1 amide bonds. The first-order chi connectivity index (χ1) is 11.7. The lowest BCUT2D eigenvalue weighted by Gasteiger charge is -2.16. The maximum atomic E-state index is 12.1. The normalized spacial score (nSPS) is 16.2. The van der Waals surface area contributed by atoms with Crippen LogP contribution >= 0.6 is 0 Å². The third-order valence-electron chi connectivity index (χ3n) is 4.72. The topological polar surface area (TPSA) is 78.9 Å². The fourth-order valence-corrected chi connectivity index (χ4v) is 3.42. The van der Waals surface area contributed by atoms with Crippen LogP contribution in [0.25, 0.3) is 11.0 Å². The zero-order valence-electron chi connectivity index (χ0n) is 14.0. The highest BCUT2D eigenvalue weighted by atomic mass is 16.2. The molecule has 1 fully saturated rings. The van der Waals surface area contributed by atoms with Gasteiger partial charge in [0.2, 0.25) is 5.91 Å². The van der Waals surface area contributed by atoms with E-state index in [0.717, 1.165) is 17.6 Å². The van der Waals surface area contributed by atoms with Crippen LogP contribution in [0.5, 0.6) is 0 Å². The van der Waals surface area contributed by atoms with Crippen LogP contribution in [0.4, 0.5) is 0 Å². The summed E-state index contributed by atoms with van der Waals surface area (Å²) in [5.74, 6) is -0.135. The minimum Gasteiger partial charge on any atom is -0.353 e. The summed E-state index contributed by atoms with van der Waals surface area (Å²) in [4.78, 5) is 26.8. The molecule has 6 heteroatoms. The molecule has 6 nitrogen and oxygen atoms in total. The molecule has 2 aromatic rings. The van der Waals surface area contributed by atoms with Crippen LogP contribution in [0.1, 0.15) is 38.5 Å². The summed E-state index contributed by atoms with van der Waals surface area (Å²) < 4.78 is 1.48. The van der Waals surface area contributed by atoms with Gasteiger partial charge in [-0.1, -0.05) is 37.8 Å². The fraction of sp³-hybridized carbons (Fsp3) is 0.556. The van der Waals surface area contributed by atoms with E-state index in [9.17, 15) is 9.59 Å². The second kappa shape index (κ2) is 8.15. The molecule has 3 rings (SSSR count). The predicted molar refractivity (Wildman–Crippen MR) is 95.1 cm³/mol. The van der Waals surface area contributed by atoms with Crippen LogP contribution < -0.4 is 16.3 Å². The summed E-state index contributed by atoms with van der Waals surface area (Å²) in [6.07, 6.45) is 7.75. The van der Waals surface area contributed by atoms with E-state index in [2.05, 4.69) is 15.6 Å². The number of para-hydroxylation sites is 2. The Labute approximate surface area is 141 Å². The summed E-state index contributed by atoms with van der Waals surface area (Å²) in [7, 11) is 0. The minimum absolute atomic E-state index is 0.0479. The molecule has 1 aromatic heterocycles. The van der Waals surface area contributed by atoms with Gasteiger partial charge in [-0.2, -0.15) is 0 Å². The molecule has 0 spiro atoms. The molecule has 0 radical (unpaired) electrons. The Morgan fingerprint density at radius 2 is 1.88 bits per heavy atom. The van der Waals surface area contributed by atoms with Crippen LogP contribution in [0.3, 0.4) is 0 Å². The number of hydrogen-bond acceptors (Lipinski definition) is 3. The van der Waals surface area contributed by atoms with Gasteiger partial charge in [-0.25, -0.2) is 4.79 Å². The summed E-state index contributed by atoms with van der Waals surface area (Å²) in [6.45, 7) is 1.41. The van der Waals surface area contributed by atoms with Crippen LogP contribution in [-0.4, -0.2) is 34.6 Å². The average molecular weight is 330 g/mol. The number of carbonyl (C=O) groups is 1. The van der Waals surface area contributed by atoms with Crippen molar-refractivity contribution in [2.24, 2.45) is 0 Å². The maximum absolute atomic E-state index is 12.1. The molecule has 1 aliphatic carbocycles. The third kappa shape index (κ3) is 4.26. The van der Waals surface area contributed by atoms with Gasteiger partial charge in [0.15, 0.2) is 0 Å². The third-order valence-corrected chi connectivity index (χ3v) is 4.72. The van der Waals surface area contributed by atoms with Crippen LogP contribution in [0.2, 0.25) is 0 Å². The van der Waals surface area contributed by atoms with Gasteiger partial charge in [-0.3, -0.25) is 9.36 Å². The number of imidazole rings is 1. The molecule has 0 unspecified atom stereocenters. The van der Waals surface area contributed by atoms with E-state index in [-0.39, 0.29) is 18.1 Å². The van der Waals surface area contributed by atoms with Crippen molar-refractivity contribution in [3.05, 3.63) is 34.7 Å². The van der Waals surface area contributed by atoms with Crippen molar-refractivity contribution in [1.29, 1.82) is 0 Å². The number of nitrogens with zero attached hydrogens (tertiary/aromatic N) is 1. The number of carbonyl (C=O) groups excluding carboxylic acids is 1. The van der Waals surface area contributed by atoms with Crippen molar-refractivity contribution < 1.29 is 4.79 Å². The fourth-order valence-electron chi connectivity index (χ4n) is 3.42. The molecule has 1 saturated carbocycles. The standard InChI is InChI=1S/C18H26N4O2/c23-17(20-12-11-19-14-7-3-1-2-4-8-14)13-22-16-10-6-5-9-15(16)21-18(22)24/h5-6,9-10,14,19H,1-4,7-8,11-13H2,(H,20,23)(H,21,24). The van der Waals surface area contributed by atoms with E-state index in [0.29, 0.717) is 12.6 Å². The van der Waals surface area contributed by atoms with Crippen molar-refractivity contribution >= 4 is 16.9 Å². The Bertz CT molecular complexity index is 726. The van der Waals surface area contributed by atoms with Crippen molar-refractivity contribution in [3.8, 4) is 0 Å². The number of benzene rings is 1. The number of rotatable bonds is 6. The Kier molecular flexibility index (Phi) is 5.69. The maximum Gasteiger partial charge on any atom is 0.326 e. The zero-order chi connectivity index (χ0) is 16.8.